The Balaban J connectivity index is 1.63. The number of furan rings is 1. The van der Waals surface area contributed by atoms with Crippen molar-refractivity contribution in [1.82, 2.24) is 19.8 Å². The molecule has 0 radical (unpaired) electrons. The highest BCUT2D eigenvalue weighted by atomic mass is 16.3. The Kier molecular flexibility index (Phi) is 4.40. The molecule has 7 nitrogen and oxygen atoms in total. The lowest BCUT2D eigenvalue weighted by atomic mass is 10.0. The number of anilines is 1. The van der Waals surface area contributed by atoms with Gasteiger partial charge in [0.1, 0.15) is 11.5 Å². The molecule has 4 heterocycles. The zero-order chi connectivity index (χ0) is 17.2. The van der Waals surface area contributed by atoms with Gasteiger partial charge >= 0.3 is 0 Å². The third-order valence-corrected chi connectivity index (χ3v) is 4.92. The van der Waals surface area contributed by atoms with Crippen LogP contribution < -0.4 is 5.32 Å². The Morgan fingerprint density at radius 3 is 2.84 bits per heavy atom. The molecule has 25 heavy (non-hydrogen) atoms. The summed E-state index contributed by atoms with van der Waals surface area (Å²) < 4.78 is 5.46. The molecule has 2 aliphatic heterocycles. The Labute approximate surface area is 147 Å². The SMILES string of the molecule is CNc1nc2c(c(C(=O)N3CCCC3)n1)CN(Cc1ccco1)CC2. The summed E-state index contributed by atoms with van der Waals surface area (Å²) in [4.78, 5) is 26.3. The van der Waals surface area contributed by atoms with E-state index in [0.717, 1.165) is 62.5 Å². The van der Waals surface area contributed by atoms with E-state index in [1.165, 1.54) is 0 Å². The van der Waals surface area contributed by atoms with Crippen LogP contribution in [0, 0.1) is 0 Å². The summed E-state index contributed by atoms with van der Waals surface area (Å²) in [6, 6.07) is 3.88. The van der Waals surface area contributed by atoms with Gasteiger partial charge in [-0.05, 0) is 25.0 Å². The standard InChI is InChI=1S/C18H23N5O2/c1-19-18-20-15-6-9-22(11-13-5-4-10-25-13)12-14(15)16(21-18)17(24)23-7-2-3-8-23/h4-5,10H,2-3,6-9,11-12H2,1H3,(H,19,20,21). The van der Waals surface area contributed by atoms with Crippen molar-refractivity contribution >= 4 is 11.9 Å². The third-order valence-electron chi connectivity index (χ3n) is 4.92. The van der Waals surface area contributed by atoms with E-state index in [2.05, 4.69) is 20.2 Å². The summed E-state index contributed by atoms with van der Waals surface area (Å²) >= 11 is 0. The van der Waals surface area contributed by atoms with E-state index in [9.17, 15) is 4.79 Å². The van der Waals surface area contributed by atoms with E-state index in [4.69, 9.17) is 4.42 Å². The normalized spacial score (nSPS) is 17.6. The Hall–Kier alpha value is -2.41. The molecule has 1 amide bonds. The lowest BCUT2D eigenvalue weighted by Gasteiger charge is -2.29. The van der Waals surface area contributed by atoms with Crippen molar-refractivity contribution in [2.24, 2.45) is 0 Å². The number of aromatic nitrogens is 2. The summed E-state index contributed by atoms with van der Waals surface area (Å²) in [6.07, 6.45) is 4.65. The number of hydrogen-bond acceptors (Lipinski definition) is 6. The molecule has 0 aliphatic carbocycles. The van der Waals surface area contributed by atoms with Gasteiger partial charge in [-0.1, -0.05) is 0 Å². The van der Waals surface area contributed by atoms with Crippen LogP contribution in [0.25, 0.3) is 0 Å². The molecule has 2 aromatic rings. The van der Waals surface area contributed by atoms with Crippen LogP contribution in [0.5, 0.6) is 0 Å². The van der Waals surface area contributed by atoms with Gasteiger partial charge in [0.15, 0.2) is 0 Å². The van der Waals surface area contributed by atoms with Crippen molar-refractivity contribution in [3.8, 4) is 0 Å². The average Bonchev–Trinajstić information content (AvgIpc) is 3.34. The van der Waals surface area contributed by atoms with Gasteiger partial charge in [0.05, 0.1) is 18.5 Å². The topological polar surface area (TPSA) is 74.5 Å². The number of carbonyl (C=O) groups excluding carboxylic acids is 1. The van der Waals surface area contributed by atoms with Gasteiger partial charge in [-0.2, -0.15) is 0 Å². The molecule has 2 aliphatic rings. The predicted molar refractivity (Wildman–Crippen MR) is 93.2 cm³/mol. The fourth-order valence-corrected chi connectivity index (χ4v) is 3.59. The molecule has 0 unspecified atom stereocenters. The van der Waals surface area contributed by atoms with Crippen molar-refractivity contribution in [2.45, 2.75) is 32.4 Å². The van der Waals surface area contributed by atoms with Crippen LogP contribution in [0.1, 0.15) is 40.3 Å². The molecule has 0 spiro atoms. The van der Waals surface area contributed by atoms with Crippen LogP contribution >= 0.6 is 0 Å². The first-order valence-corrected chi connectivity index (χ1v) is 8.86. The highest BCUT2D eigenvalue weighted by molar-refractivity contribution is 5.94. The second-order valence-corrected chi connectivity index (χ2v) is 6.61. The van der Waals surface area contributed by atoms with Crippen molar-refractivity contribution < 1.29 is 9.21 Å². The number of carbonyl (C=O) groups is 1. The van der Waals surface area contributed by atoms with E-state index in [1.807, 2.05) is 17.0 Å². The average molecular weight is 341 g/mol. The molecule has 7 heteroatoms. The molecular weight excluding hydrogens is 318 g/mol. The van der Waals surface area contributed by atoms with Crippen molar-refractivity contribution in [3.63, 3.8) is 0 Å². The van der Waals surface area contributed by atoms with Gasteiger partial charge in [0.25, 0.3) is 5.91 Å². The Bertz CT molecular complexity index is 753. The predicted octanol–water partition coefficient (Wildman–Crippen LogP) is 1.91. The minimum absolute atomic E-state index is 0.0347. The lowest BCUT2D eigenvalue weighted by molar-refractivity contribution is 0.0783. The third kappa shape index (κ3) is 3.24. The van der Waals surface area contributed by atoms with Crippen LogP contribution in [-0.2, 0) is 19.5 Å². The maximum absolute atomic E-state index is 13.0. The van der Waals surface area contributed by atoms with Crippen molar-refractivity contribution in [1.29, 1.82) is 0 Å². The summed E-state index contributed by atoms with van der Waals surface area (Å²) in [7, 11) is 1.79. The highest BCUT2D eigenvalue weighted by Gasteiger charge is 2.29. The quantitative estimate of drug-likeness (QED) is 0.916. The lowest BCUT2D eigenvalue weighted by Crippen LogP contribution is -2.35. The number of likely N-dealkylation sites (tertiary alicyclic amines) is 1. The minimum Gasteiger partial charge on any atom is -0.468 e. The summed E-state index contributed by atoms with van der Waals surface area (Å²) in [5, 5.41) is 2.99. The van der Waals surface area contributed by atoms with Gasteiger partial charge in [-0.25, -0.2) is 9.97 Å². The van der Waals surface area contributed by atoms with Gasteiger partial charge in [0.2, 0.25) is 5.95 Å². The Morgan fingerprint density at radius 1 is 1.28 bits per heavy atom. The zero-order valence-corrected chi connectivity index (χ0v) is 14.5. The zero-order valence-electron chi connectivity index (χ0n) is 14.5. The van der Waals surface area contributed by atoms with E-state index < -0.39 is 0 Å². The number of nitrogens with zero attached hydrogens (tertiary/aromatic N) is 4. The molecule has 0 aromatic carbocycles. The van der Waals surface area contributed by atoms with Gasteiger partial charge in [-0.15, -0.1) is 0 Å². The van der Waals surface area contributed by atoms with Crippen LogP contribution in [0.2, 0.25) is 0 Å². The smallest absolute Gasteiger partial charge is 0.273 e. The largest absolute Gasteiger partial charge is 0.468 e. The van der Waals surface area contributed by atoms with Crippen LogP contribution in [0.3, 0.4) is 0 Å². The van der Waals surface area contributed by atoms with E-state index in [1.54, 1.807) is 13.3 Å². The van der Waals surface area contributed by atoms with Crippen LogP contribution in [0.15, 0.2) is 22.8 Å². The molecule has 0 bridgehead atoms. The molecule has 1 fully saturated rings. The molecular formula is C18H23N5O2. The summed E-state index contributed by atoms with van der Waals surface area (Å²) in [5.41, 5.74) is 2.51. The number of amides is 1. The van der Waals surface area contributed by atoms with Crippen LogP contribution in [-0.4, -0.2) is 52.4 Å². The molecule has 1 saturated heterocycles. The van der Waals surface area contributed by atoms with Crippen LogP contribution in [0.4, 0.5) is 5.95 Å². The highest BCUT2D eigenvalue weighted by Crippen LogP contribution is 2.25. The Morgan fingerprint density at radius 2 is 2.12 bits per heavy atom. The minimum atomic E-state index is 0.0347. The maximum Gasteiger partial charge on any atom is 0.273 e. The number of rotatable bonds is 4. The number of fused-ring (bicyclic) bond motifs is 1. The summed E-state index contributed by atoms with van der Waals surface area (Å²) in [6.45, 7) is 3.95. The molecule has 132 valence electrons. The fraction of sp³-hybridized carbons (Fsp3) is 0.500. The van der Waals surface area contributed by atoms with Gasteiger partial charge in [-0.3, -0.25) is 9.69 Å². The molecule has 2 aromatic heterocycles. The first-order chi connectivity index (χ1) is 12.2. The monoisotopic (exact) mass is 341 g/mol. The molecule has 0 saturated carbocycles. The van der Waals surface area contributed by atoms with E-state index >= 15 is 0 Å². The second kappa shape index (κ2) is 6.84. The second-order valence-electron chi connectivity index (χ2n) is 6.61. The fourth-order valence-electron chi connectivity index (χ4n) is 3.59. The molecule has 1 N–H and O–H groups in total. The van der Waals surface area contributed by atoms with Crippen molar-refractivity contribution in [3.05, 3.63) is 41.1 Å². The van der Waals surface area contributed by atoms with Gasteiger partial charge in [0, 0.05) is 45.2 Å². The van der Waals surface area contributed by atoms with E-state index in [0.29, 0.717) is 18.2 Å². The maximum atomic E-state index is 13.0. The number of nitrogens with one attached hydrogen (secondary N) is 1. The molecule has 4 rings (SSSR count). The molecule has 0 atom stereocenters. The number of hydrogen-bond donors (Lipinski definition) is 1. The first-order valence-electron chi connectivity index (χ1n) is 8.86. The van der Waals surface area contributed by atoms with Crippen molar-refractivity contribution in [2.75, 3.05) is 32.0 Å². The summed E-state index contributed by atoms with van der Waals surface area (Å²) in [5.74, 6) is 1.50. The van der Waals surface area contributed by atoms with Gasteiger partial charge < -0.3 is 14.6 Å². The van der Waals surface area contributed by atoms with E-state index in [-0.39, 0.29) is 5.91 Å². The first kappa shape index (κ1) is 16.1.